The summed E-state index contributed by atoms with van der Waals surface area (Å²) in [5, 5.41) is 2.95. The maximum Gasteiger partial charge on any atom is 0.224 e. The number of hydrogen-bond acceptors (Lipinski definition) is 3. The van der Waals surface area contributed by atoms with Crippen LogP contribution >= 0.6 is 0 Å². The van der Waals surface area contributed by atoms with E-state index in [2.05, 4.69) is 5.32 Å². The van der Waals surface area contributed by atoms with Crippen LogP contribution in [0.5, 0.6) is 5.75 Å². The van der Waals surface area contributed by atoms with Crippen LogP contribution in [-0.4, -0.2) is 19.1 Å². The number of carbonyl (C=O) groups is 1. The van der Waals surface area contributed by atoms with Crippen LogP contribution < -0.4 is 15.8 Å². The van der Waals surface area contributed by atoms with Gasteiger partial charge < -0.3 is 15.8 Å². The Morgan fingerprint density at radius 2 is 2.11 bits per heavy atom. The van der Waals surface area contributed by atoms with Gasteiger partial charge >= 0.3 is 0 Å². The van der Waals surface area contributed by atoms with E-state index in [4.69, 9.17) is 10.5 Å². The third-order valence-corrected chi connectivity index (χ3v) is 3.53. The highest BCUT2D eigenvalue weighted by Gasteiger charge is 2.29. The van der Waals surface area contributed by atoms with Crippen LogP contribution in [0.3, 0.4) is 0 Å². The second-order valence-electron chi connectivity index (χ2n) is 4.77. The van der Waals surface area contributed by atoms with E-state index >= 15 is 0 Å². The minimum absolute atomic E-state index is 0.0109. The van der Waals surface area contributed by atoms with Gasteiger partial charge in [0, 0.05) is 12.6 Å². The average Bonchev–Trinajstić information content (AvgIpc) is 2.83. The fourth-order valence-corrected chi connectivity index (χ4v) is 2.38. The normalized spacial score (nSPS) is 22.8. The molecule has 2 atom stereocenters. The minimum Gasteiger partial charge on any atom is -0.497 e. The molecule has 2 unspecified atom stereocenters. The van der Waals surface area contributed by atoms with E-state index in [1.807, 2.05) is 24.3 Å². The molecule has 1 aromatic rings. The van der Waals surface area contributed by atoms with Crippen molar-refractivity contribution >= 4 is 5.91 Å². The lowest BCUT2D eigenvalue weighted by molar-refractivity contribution is -0.125. The molecule has 0 spiro atoms. The zero-order chi connectivity index (χ0) is 13.0. The van der Waals surface area contributed by atoms with Gasteiger partial charge in [-0.05, 0) is 30.5 Å². The van der Waals surface area contributed by atoms with Gasteiger partial charge in [0.05, 0.1) is 13.0 Å². The maximum atomic E-state index is 11.9. The fourth-order valence-electron chi connectivity index (χ4n) is 2.38. The summed E-state index contributed by atoms with van der Waals surface area (Å²) in [5.41, 5.74) is 6.97. The number of hydrogen-bond donors (Lipinski definition) is 2. The van der Waals surface area contributed by atoms with Crippen molar-refractivity contribution in [2.45, 2.75) is 31.8 Å². The van der Waals surface area contributed by atoms with Crippen LogP contribution in [0.4, 0.5) is 0 Å². The Kier molecular flexibility index (Phi) is 4.20. The molecule has 0 aliphatic heterocycles. The topological polar surface area (TPSA) is 64.3 Å². The largest absolute Gasteiger partial charge is 0.497 e. The molecular weight excluding hydrogens is 228 g/mol. The number of rotatable bonds is 4. The smallest absolute Gasteiger partial charge is 0.224 e. The number of nitrogens with two attached hydrogens (primary N) is 1. The lowest BCUT2D eigenvalue weighted by Crippen LogP contribution is -2.38. The Morgan fingerprint density at radius 1 is 1.39 bits per heavy atom. The summed E-state index contributed by atoms with van der Waals surface area (Å²) < 4.78 is 5.09. The molecule has 1 amide bonds. The van der Waals surface area contributed by atoms with Crippen LogP contribution in [-0.2, 0) is 11.3 Å². The van der Waals surface area contributed by atoms with E-state index in [9.17, 15) is 4.79 Å². The first-order valence-corrected chi connectivity index (χ1v) is 6.37. The predicted octanol–water partition coefficient (Wildman–Crippen LogP) is 1.44. The van der Waals surface area contributed by atoms with E-state index in [0.717, 1.165) is 30.6 Å². The third kappa shape index (κ3) is 3.01. The van der Waals surface area contributed by atoms with Gasteiger partial charge in [0.1, 0.15) is 5.75 Å². The summed E-state index contributed by atoms with van der Waals surface area (Å²) in [6, 6.07) is 7.72. The molecule has 1 aliphatic carbocycles. The molecule has 1 fully saturated rings. The Morgan fingerprint density at radius 3 is 2.67 bits per heavy atom. The van der Waals surface area contributed by atoms with Crippen LogP contribution in [0, 0.1) is 5.92 Å². The second kappa shape index (κ2) is 5.87. The molecule has 2 rings (SSSR count). The Hall–Kier alpha value is -1.55. The Labute approximate surface area is 108 Å². The quantitative estimate of drug-likeness (QED) is 0.847. The molecule has 0 saturated heterocycles. The lowest BCUT2D eigenvalue weighted by atomic mass is 10.0. The molecule has 0 heterocycles. The van der Waals surface area contributed by atoms with Crippen molar-refractivity contribution in [3.05, 3.63) is 29.8 Å². The first-order chi connectivity index (χ1) is 8.70. The number of amides is 1. The predicted molar refractivity (Wildman–Crippen MR) is 70.2 cm³/mol. The third-order valence-electron chi connectivity index (χ3n) is 3.53. The zero-order valence-electron chi connectivity index (χ0n) is 10.7. The van der Waals surface area contributed by atoms with Crippen LogP contribution in [0.25, 0.3) is 0 Å². The molecule has 0 aromatic heterocycles. The standard InChI is InChI=1S/C14H20N2O2/c1-18-11-7-5-10(6-8-11)9-16-14(17)12-3-2-4-13(12)15/h5-8,12-13H,2-4,9,15H2,1H3,(H,16,17). The number of ether oxygens (including phenoxy) is 1. The molecule has 98 valence electrons. The monoisotopic (exact) mass is 248 g/mol. The lowest BCUT2D eigenvalue weighted by Gasteiger charge is -2.15. The molecule has 0 bridgehead atoms. The Bertz CT molecular complexity index is 403. The highest BCUT2D eigenvalue weighted by Crippen LogP contribution is 2.24. The molecule has 4 heteroatoms. The Balaban J connectivity index is 1.85. The molecule has 0 radical (unpaired) electrons. The van der Waals surface area contributed by atoms with E-state index in [1.54, 1.807) is 7.11 Å². The minimum atomic E-state index is -0.0109. The summed E-state index contributed by atoms with van der Waals surface area (Å²) in [5.74, 6) is 0.891. The number of methoxy groups -OCH3 is 1. The highest BCUT2D eigenvalue weighted by molar-refractivity contribution is 5.79. The van der Waals surface area contributed by atoms with Gasteiger partial charge in [-0.3, -0.25) is 4.79 Å². The average molecular weight is 248 g/mol. The number of nitrogens with one attached hydrogen (secondary N) is 1. The number of benzene rings is 1. The summed E-state index contributed by atoms with van der Waals surface area (Å²) in [7, 11) is 1.64. The van der Waals surface area contributed by atoms with Crippen molar-refractivity contribution in [2.24, 2.45) is 11.7 Å². The second-order valence-corrected chi connectivity index (χ2v) is 4.77. The fraction of sp³-hybridized carbons (Fsp3) is 0.500. The molecular formula is C14H20N2O2. The van der Waals surface area contributed by atoms with Gasteiger partial charge in [-0.15, -0.1) is 0 Å². The summed E-state index contributed by atoms with van der Waals surface area (Å²) in [6.45, 7) is 0.548. The molecule has 1 aliphatic rings. The van der Waals surface area contributed by atoms with Crippen molar-refractivity contribution in [3.63, 3.8) is 0 Å². The van der Waals surface area contributed by atoms with E-state index in [-0.39, 0.29) is 17.9 Å². The first-order valence-electron chi connectivity index (χ1n) is 6.37. The van der Waals surface area contributed by atoms with Gasteiger partial charge in [-0.1, -0.05) is 18.6 Å². The molecule has 18 heavy (non-hydrogen) atoms. The SMILES string of the molecule is COc1ccc(CNC(=O)C2CCCC2N)cc1. The molecule has 1 saturated carbocycles. The first kappa shape index (κ1) is 12.9. The van der Waals surface area contributed by atoms with Gasteiger partial charge in [0.15, 0.2) is 0 Å². The van der Waals surface area contributed by atoms with Crippen LogP contribution in [0.15, 0.2) is 24.3 Å². The van der Waals surface area contributed by atoms with E-state index in [0.29, 0.717) is 6.54 Å². The summed E-state index contributed by atoms with van der Waals surface area (Å²) in [4.78, 5) is 11.9. The molecule has 1 aromatic carbocycles. The summed E-state index contributed by atoms with van der Waals surface area (Å²) >= 11 is 0. The van der Waals surface area contributed by atoms with Gasteiger partial charge in [-0.2, -0.15) is 0 Å². The molecule has 4 nitrogen and oxygen atoms in total. The van der Waals surface area contributed by atoms with E-state index < -0.39 is 0 Å². The van der Waals surface area contributed by atoms with Crippen molar-refractivity contribution in [2.75, 3.05) is 7.11 Å². The van der Waals surface area contributed by atoms with Crippen molar-refractivity contribution in [1.29, 1.82) is 0 Å². The molecule has 3 N–H and O–H groups in total. The van der Waals surface area contributed by atoms with Gasteiger partial charge in [0.2, 0.25) is 5.91 Å². The highest BCUT2D eigenvalue weighted by atomic mass is 16.5. The summed E-state index contributed by atoms with van der Waals surface area (Å²) in [6.07, 6.45) is 2.93. The van der Waals surface area contributed by atoms with Crippen LogP contribution in [0.2, 0.25) is 0 Å². The van der Waals surface area contributed by atoms with Crippen LogP contribution in [0.1, 0.15) is 24.8 Å². The van der Waals surface area contributed by atoms with Crippen molar-refractivity contribution in [3.8, 4) is 5.75 Å². The number of carbonyl (C=O) groups excluding carboxylic acids is 1. The maximum absolute atomic E-state index is 11.9. The van der Waals surface area contributed by atoms with Gasteiger partial charge in [-0.25, -0.2) is 0 Å². The van der Waals surface area contributed by atoms with Crippen molar-refractivity contribution in [1.82, 2.24) is 5.32 Å². The van der Waals surface area contributed by atoms with Crippen molar-refractivity contribution < 1.29 is 9.53 Å². The van der Waals surface area contributed by atoms with Gasteiger partial charge in [0.25, 0.3) is 0 Å². The zero-order valence-corrected chi connectivity index (χ0v) is 10.7. The van der Waals surface area contributed by atoms with E-state index in [1.165, 1.54) is 0 Å².